The molecule has 1 unspecified atom stereocenters. The third kappa shape index (κ3) is 3.28. The van der Waals surface area contributed by atoms with Gasteiger partial charge in [-0.15, -0.1) is 0 Å². The van der Waals surface area contributed by atoms with E-state index >= 15 is 0 Å². The van der Waals surface area contributed by atoms with Crippen LogP contribution in [-0.4, -0.2) is 26.1 Å². The van der Waals surface area contributed by atoms with E-state index < -0.39 is 0 Å². The molecule has 20 heavy (non-hydrogen) atoms. The molecule has 110 valence electrons. The third-order valence-corrected chi connectivity index (χ3v) is 3.55. The van der Waals surface area contributed by atoms with Crippen LogP contribution in [0, 0.1) is 13.8 Å². The maximum absolute atomic E-state index is 4.46. The zero-order valence-electron chi connectivity index (χ0n) is 13.1. The van der Waals surface area contributed by atoms with E-state index in [1.165, 1.54) is 11.4 Å². The number of aromatic nitrogens is 4. The lowest BCUT2D eigenvalue weighted by Crippen LogP contribution is -2.26. The highest BCUT2D eigenvalue weighted by Crippen LogP contribution is 2.19. The van der Waals surface area contributed by atoms with Crippen LogP contribution >= 0.6 is 0 Å². The molecule has 1 N–H and O–H groups in total. The molecular formula is C15H25N5. The summed E-state index contributed by atoms with van der Waals surface area (Å²) >= 11 is 0. The maximum Gasteiger partial charge on any atom is 0.0597 e. The zero-order valence-corrected chi connectivity index (χ0v) is 13.1. The number of rotatable bonds is 6. The van der Waals surface area contributed by atoms with Gasteiger partial charge < -0.3 is 5.32 Å². The van der Waals surface area contributed by atoms with Crippen LogP contribution in [-0.2, 0) is 20.5 Å². The fraction of sp³-hybridized carbons (Fsp3) is 0.600. The summed E-state index contributed by atoms with van der Waals surface area (Å²) in [6.07, 6.45) is 2.05. The summed E-state index contributed by atoms with van der Waals surface area (Å²) < 4.78 is 3.95. The number of nitrogens with zero attached hydrogens (tertiary/aromatic N) is 4. The Morgan fingerprint density at radius 2 is 1.75 bits per heavy atom. The van der Waals surface area contributed by atoms with Crippen molar-refractivity contribution in [2.75, 3.05) is 6.54 Å². The van der Waals surface area contributed by atoms with E-state index in [9.17, 15) is 0 Å². The molecule has 0 aliphatic rings. The zero-order chi connectivity index (χ0) is 14.7. The molecule has 0 radical (unpaired) electrons. The monoisotopic (exact) mass is 275 g/mol. The predicted octanol–water partition coefficient (Wildman–Crippen LogP) is 2.05. The fourth-order valence-electron chi connectivity index (χ4n) is 2.62. The predicted molar refractivity (Wildman–Crippen MR) is 80.6 cm³/mol. The highest BCUT2D eigenvalue weighted by molar-refractivity contribution is 5.18. The standard InChI is InChI=1S/C15H25N5/c1-6-7-16-14(15-9-12(3)18-20(15)5)10-13-8-11(2)17-19(13)4/h8-9,14,16H,6-7,10H2,1-5H3. The third-order valence-electron chi connectivity index (χ3n) is 3.55. The van der Waals surface area contributed by atoms with E-state index in [0.29, 0.717) is 0 Å². The molecule has 2 aromatic rings. The topological polar surface area (TPSA) is 47.7 Å². The van der Waals surface area contributed by atoms with Gasteiger partial charge in [0.25, 0.3) is 0 Å². The van der Waals surface area contributed by atoms with Crippen LogP contribution in [0.1, 0.15) is 42.2 Å². The van der Waals surface area contributed by atoms with Gasteiger partial charge in [-0.1, -0.05) is 6.92 Å². The normalized spacial score (nSPS) is 12.8. The van der Waals surface area contributed by atoms with Crippen molar-refractivity contribution in [1.29, 1.82) is 0 Å². The summed E-state index contributed by atoms with van der Waals surface area (Å²) in [7, 11) is 4.02. The van der Waals surface area contributed by atoms with E-state index in [2.05, 4.69) is 34.6 Å². The van der Waals surface area contributed by atoms with Gasteiger partial charge in [0.05, 0.1) is 23.1 Å². The maximum atomic E-state index is 4.46. The molecule has 0 bridgehead atoms. The van der Waals surface area contributed by atoms with Gasteiger partial charge in [-0.3, -0.25) is 9.36 Å². The summed E-state index contributed by atoms with van der Waals surface area (Å²) in [6.45, 7) is 7.26. The average molecular weight is 275 g/mol. The average Bonchev–Trinajstić information content (AvgIpc) is 2.87. The summed E-state index contributed by atoms with van der Waals surface area (Å²) in [5.74, 6) is 0. The highest BCUT2D eigenvalue weighted by atomic mass is 15.3. The largest absolute Gasteiger partial charge is 0.308 e. The number of hydrogen-bond acceptors (Lipinski definition) is 3. The van der Waals surface area contributed by atoms with Crippen LogP contribution in [0.25, 0.3) is 0 Å². The van der Waals surface area contributed by atoms with Crippen molar-refractivity contribution in [3.63, 3.8) is 0 Å². The second kappa shape index (κ2) is 6.22. The van der Waals surface area contributed by atoms with Gasteiger partial charge in [-0.2, -0.15) is 10.2 Å². The molecule has 5 heteroatoms. The first-order chi connectivity index (χ1) is 9.51. The van der Waals surface area contributed by atoms with Crippen LogP contribution in [0.15, 0.2) is 12.1 Å². The van der Waals surface area contributed by atoms with Gasteiger partial charge in [0.2, 0.25) is 0 Å². The molecule has 0 amide bonds. The van der Waals surface area contributed by atoms with Crippen LogP contribution < -0.4 is 5.32 Å². The van der Waals surface area contributed by atoms with Crippen molar-refractivity contribution in [3.8, 4) is 0 Å². The van der Waals surface area contributed by atoms with Crippen LogP contribution in [0.3, 0.4) is 0 Å². The lowest BCUT2D eigenvalue weighted by molar-refractivity contribution is 0.480. The molecular weight excluding hydrogens is 250 g/mol. The van der Waals surface area contributed by atoms with Gasteiger partial charge in [0.1, 0.15) is 0 Å². The van der Waals surface area contributed by atoms with Crippen molar-refractivity contribution < 1.29 is 0 Å². The smallest absolute Gasteiger partial charge is 0.0597 e. The van der Waals surface area contributed by atoms with Gasteiger partial charge in [0, 0.05) is 26.2 Å². The van der Waals surface area contributed by atoms with Crippen LogP contribution in [0.2, 0.25) is 0 Å². The summed E-state index contributed by atoms with van der Waals surface area (Å²) in [5, 5.41) is 12.5. The van der Waals surface area contributed by atoms with E-state index in [4.69, 9.17) is 0 Å². The molecule has 2 rings (SSSR count). The number of aryl methyl sites for hydroxylation is 4. The fourth-order valence-corrected chi connectivity index (χ4v) is 2.62. The van der Waals surface area contributed by atoms with Gasteiger partial charge >= 0.3 is 0 Å². The van der Waals surface area contributed by atoms with Crippen molar-refractivity contribution in [3.05, 3.63) is 34.9 Å². The summed E-state index contributed by atoms with van der Waals surface area (Å²) in [4.78, 5) is 0. The minimum Gasteiger partial charge on any atom is -0.308 e. The lowest BCUT2D eigenvalue weighted by atomic mass is 10.1. The van der Waals surface area contributed by atoms with E-state index in [0.717, 1.165) is 30.8 Å². The molecule has 0 aromatic carbocycles. The molecule has 0 aliphatic carbocycles. The molecule has 0 fully saturated rings. The Bertz CT molecular complexity index is 567. The first kappa shape index (κ1) is 14.8. The van der Waals surface area contributed by atoms with Crippen molar-refractivity contribution in [1.82, 2.24) is 24.9 Å². The summed E-state index contributed by atoms with van der Waals surface area (Å²) in [5.41, 5.74) is 4.61. The molecule has 5 nitrogen and oxygen atoms in total. The molecule has 0 saturated heterocycles. The van der Waals surface area contributed by atoms with Crippen molar-refractivity contribution >= 4 is 0 Å². The molecule has 2 heterocycles. The van der Waals surface area contributed by atoms with E-state index in [1.54, 1.807) is 0 Å². The molecule has 0 aliphatic heterocycles. The second-order valence-corrected chi connectivity index (χ2v) is 5.45. The van der Waals surface area contributed by atoms with Crippen LogP contribution in [0.4, 0.5) is 0 Å². The van der Waals surface area contributed by atoms with E-state index in [-0.39, 0.29) is 6.04 Å². The Morgan fingerprint density at radius 3 is 2.25 bits per heavy atom. The Hall–Kier alpha value is -1.62. The molecule has 0 spiro atoms. The first-order valence-corrected chi connectivity index (χ1v) is 7.24. The molecule has 1 atom stereocenters. The molecule has 0 saturated carbocycles. The van der Waals surface area contributed by atoms with Gasteiger partial charge in [-0.05, 0) is 38.9 Å². The van der Waals surface area contributed by atoms with Crippen molar-refractivity contribution in [2.45, 2.75) is 39.7 Å². The Kier molecular flexibility index (Phi) is 4.60. The SMILES string of the molecule is CCCNC(Cc1cc(C)nn1C)c1cc(C)nn1C. The minimum atomic E-state index is 0.274. The second-order valence-electron chi connectivity index (χ2n) is 5.45. The van der Waals surface area contributed by atoms with Gasteiger partial charge in [0.15, 0.2) is 0 Å². The minimum absolute atomic E-state index is 0.274. The summed E-state index contributed by atoms with van der Waals surface area (Å²) in [6, 6.07) is 4.59. The lowest BCUT2D eigenvalue weighted by Gasteiger charge is -2.19. The Morgan fingerprint density at radius 1 is 1.10 bits per heavy atom. The Labute approximate surface area is 121 Å². The van der Waals surface area contributed by atoms with Crippen molar-refractivity contribution in [2.24, 2.45) is 14.1 Å². The quantitative estimate of drug-likeness (QED) is 0.878. The number of nitrogens with one attached hydrogen (secondary N) is 1. The first-order valence-electron chi connectivity index (χ1n) is 7.24. The van der Waals surface area contributed by atoms with Gasteiger partial charge in [-0.25, -0.2) is 0 Å². The van der Waals surface area contributed by atoms with E-state index in [1.807, 2.05) is 37.3 Å². The Balaban J connectivity index is 2.23. The number of hydrogen-bond donors (Lipinski definition) is 1. The molecule has 2 aromatic heterocycles. The van der Waals surface area contributed by atoms with Crippen LogP contribution in [0.5, 0.6) is 0 Å². The highest BCUT2D eigenvalue weighted by Gasteiger charge is 2.18.